The highest BCUT2D eigenvalue weighted by Gasteiger charge is 2.17. The van der Waals surface area contributed by atoms with Gasteiger partial charge in [-0.1, -0.05) is 11.3 Å². The molecule has 2 heterocycles. The molecule has 2 aromatic heterocycles. The first-order valence-electron chi connectivity index (χ1n) is 6.10. The van der Waals surface area contributed by atoms with Crippen LogP contribution in [0.2, 0.25) is 0 Å². The van der Waals surface area contributed by atoms with Crippen LogP contribution in [0.15, 0.2) is 40.8 Å². The lowest BCUT2D eigenvalue weighted by Crippen LogP contribution is -2.12. The first-order valence-corrected chi connectivity index (χ1v) is 6.91. The Morgan fingerprint density at radius 2 is 1.78 bits per heavy atom. The molecule has 1 N–H and O–H groups in total. The van der Waals surface area contributed by atoms with E-state index in [-0.39, 0.29) is 16.2 Å². The Morgan fingerprint density at radius 1 is 1.09 bits per heavy atom. The summed E-state index contributed by atoms with van der Waals surface area (Å²) in [6, 6.07) is 8.14. The monoisotopic (exact) mass is 333 g/mol. The third-order valence-corrected chi connectivity index (χ3v) is 3.71. The van der Waals surface area contributed by atoms with Crippen LogP contribution in [0.1, 0.15) is 0 Å². The first-order chi connectivity index (χ1) is 11.0. The van der Waals surface area contributed by atoms with Crippen molar-refractivity contribution in [2.24, 2.45) is 0 Å². The number of furan rings is 1. The smallest absolute Gasteiger partial charge is 0.398 e. The lowest BCUT2D eigenvalue weighted by molar-refractivity contribution is -0.401. The van der Waals surface area contributed by atoms with Crippen LogP contribution in [0.5, 0.6) is 0 Å². The molecule has 0 aliphatic heterocycles. The Labute approximate surface area is 131 Å². The average Bonchev–Trinajstić information content (AvgIpc) is 3.14. The van der Waals surface area contributed by atoms with E-state index in [0.717, 1.165) is 11.3 Å². The van der Waals surface area contributed by atoms with Gasteiger partial charge < -0.3 is 4.42 Å². The third-order valence-electron chi connectivity index (χ3n) is 2.86. The average molecular weight is 333 g/mol. The summed E-state index contributed by atoms with van der Waals surface area (Å²) in [6.45, 7) is 0. The van der Waals surface area contributed by atoms with Crippen molar-refractivity contribution in [2.45, 2.75) is 0 Å². The van der Waals surface area contributed by atoms with Gasteiger partial charge in [0.2, 0.25) is 4.80 Å². The second kappa shape index (κ2) is 5.46. The van der Waals surface area contributed by atoms with Crippen LogP contribution in [0, 0.1) is 25.6 Å². The molecule has 116 valence electrons. The number of nitro groups is 2. The number of aromatic nitrogens is 2. The van der Waals surface area contributed by atoms with Gasteiger partial charge in [-0.15, -0.1) is 0 Å². The van der Waals surface area contributed by atoms with Gasteiger partial charge in [-0.2, -0.15) is 5.10 Å². The molecule has 0 unspecified atom stereocenters. The molecule has 3 rings (SSSR count). The second-order valence-electron chi connectivity index (χ2n) is 4.29. The largest absolute Gasteiger partial charge is 0.433 e. The zero-order valence-corrected chi connectivity index (χ0v) is 12.0. The summed E-state index contributed by atoms with van der Waals surface area (Å²) in [4.78, 5) is 20.1. The molecule has 23 heavy (non-hydrogen) atoms. The van der Waals surface area contributed by atoms with Gasteiger partial charge in [0, 0.05) is 12.1 Å². The summed E-state index contributed by atoms with van der Waals surface area (Å²) in [5, 5.41) is 33.6. The van der Waals surface area contributed by atoms with E-state index >= 15 is 0 Å². The zero-order chi connectivity index (χ0) is 16.6. The van der Waals surface area contributed by atoms with Crippen LogP contribution < -0.4 is 4.80 Å². The minimum Gasteiger partial charge on any atom is -0.398 e. The van der Waals surface area contributed by atoms with E-state index in [4.69, 9.17) is 9.83 Å². The van der Waals surface area contributed by atoms with Crippen molar-refractivity contribution < 1.29 is 14.3 Å². The molecule has 3 aromatic rings. The quantitative estimate of drug-likeness (QED) is 0.574. The highest BCUT2D eigenvalue weighted by Crippen LogP contribution is 2.26. The van der Waals surface area contributed by atoms with Crippen LogP contribution in [0.25, 0.3) is 16.5 Å². The number of hydrogen-bond donors (Lipinski definition) is 1. The van der Waals surface area contributed by atoms with E-state index in [1.165, 1.54) is 41.1 Å². The minimum atomic E-state index is -0.664. The highest BCUT2D eigenvalue weighted by molar-refractivity contribution is 7.12. The van der Waals surface area contributed by atoms with Gasteiger partial charge in [-0.05, 0) is 18.2 Å². The fraction of sp³-hybridized carbons (Fsp3) is 0. The van der Waals surface area contributed by atoms with Crippen LogP contribution in [0.4, 0.5) is 11.6 Å². The van der Waals surface area contributed by atoms with Crippen molar-refractivity contribution >= 4 is 22.9 Å². The minimum absolute atomic E-state index is 0.0490. The molecular formula is C12H7N5O5S. The number of nitrogens with zero attached hydrogens (tertiary/aromatic N) is 4. The highest BCUT2D eigenvalue weighted by atomic mass is 32.1. The summed E-state index contributed by atoms with van der Waals surface area (Å²) in [6.07, 6.45) is 0. The van der Waals surface area contributed by atoms with Crippen LogP contribution in [0.3, 0.4) is 0 Å². The van der Waals surface area contributed by atoms with E-state index in [1.54, 1.807) is 0 Å². The fourth-order valence-corrected chi connectivity index (χ4v) is 2.57. The predicted octanol–water partition coefficient (Wildman–Crippen LogP) is 2.49. The van der Waals surface area contributed by atoms with Crippen molar-refractivity contribution in [1.82, 2.24) is 9.78 Å². The van der Waals surface area contributed by atoms with E-state index in [0.29, 0.717) is 10.7 Å². The molecule has 0 bridgehead atoms. The van der Waals surface area contributed by atoms with E-state index in [1.807, 2.05) is 0 Å². The third kappa shape index (κ3) is 2.72. The lowest BCUT2D eigenvalue weighted by Gasteiger charge is -1.99. The summed E-state index contributed by atoms with van der Waals surface area (Å²) >= 11 is 0.966. The standard InChI is InChI=1S/C12H7N5O5S/c13-12-15(7-1-3-8(4-2-7)16(18)19)14-11(23-12)9-5-6-10(22-9)17(20)21/h1-6,13H. The van der Waals surface area contributed by atoms with Crippen molar-refractivity contribution in [3.8, 4) is 16.5 Å². The van der Waals surface area contributed by atoms with E-state index in [2.05, 4.69) is 5.10 Å². The van der Waals surface area contributed by atoms with E-state index in [9.17, 15) is 20.2 Å². The SMILES string of the molecule is N=c1sc(-c2ccc([N+](=O)[O-])o2)nn1-c1ccc([N+](=O)[O-])cc1. The molecular weight excluding hydrogens is 326 g/mol. The molecule has 0 radical (unpaired) electrons. The summed E-state index contributed by atoms with van der Waals surface area (Å²) in [5.74, 6) is -0.237. The van der Waals surface area contributed by atoms with Crippen molar-refractivity contribution in [2.75, 3.05) is 0 Å². The van der Waals surface area contributed by atoms with Gasteiger partial charge in [0.15, 0.2) is 10.8 Å². The summed E-state index contributed by atoms with van der Waals surface area (Å²) in [7, 11) is 0. The molecule has 11 heteroatoms. The van der Waals surface area contributed by atoms with E-state index < -0.39 is 15.7 Å². The van der Waals surface area contributed by atoms with Crippen LogP contribution in [-0.4, -0.2) is 19.6 Å². The number of benzene rings is 1. The number of hydrogen-bond acceptors (Lipinski definition) is 8. The molecule has 0 aliphatic carbocycles. The van der Waals surface area contributed by atoms with Gasteiger partial charge >= 0.3 is 5.88 Å². The van der Waals surface area contributed by atoms with Gasteiger partial charge in [0.05, 0.1) is 16.7 Å². The molecule has 0 fully saturated rings. The number of nitro benzene ring substituents is 1. The van der Waals surface area contributed by atoms with Gasteiger partial charge in [0.25, 0.3) is 5.69 Å². The molecule has 0 saturated heterocycles. The van der Waals surface area contributed by atoms with Crippen molar-refractivity contribution in [1.29, 1.82) is 5.41 Å². The normalized spacial score (nSPS) is 10.6. The summed E-state index contributed by atoms with van der Waals surface area (Å²) < 4.78 is 6.31. The maximum absolute atomic E-state index is 10.6. The Bertz CT molecular complexity index is 955. The van der Waals surface area contributed by atoms with Crippen molar-refractivity contribution in [3.05, 3.63) is 61.4 Å². The molecule has 1 aromatic carbocycles. The Hall–Kier alpha value is -3.34. The van der Waals surface area contributed by atoms with Crippen LogP contribution >= 0.6 is 11.3 Å². The topological polar surface area (TPSA) is 141 Å². The van der Waals surface area contributed by atoms with Gasteiger partial charge in [-0.25, -0.2) is 4.68 Å². The molecule has 0 spiro atoms. The zero-order valence-electron chi connectivity index (χ0n) is 11.2. The van der Waals surface area contributed by atoms with Crippen molar-refractivity contribution in [3.63, 3.8) is 0 Å². The Morgan fingerprint density at radius 3 is 2.35 bits per heavy atom. The second-order valence-corrected chi connectivity index (χ2v) is 5.27. The lowest BCUT2D eigenvalue weighted by atomic mass is 10.3. The molecule has 0 amide bonds. The number of nitrogens with one attached hydrogen (secondary N) is 1. The van der Waals surface area contributed by atoms with Crippen LogP contribution in [-0.2, 0) is 0 Å². The number of non-ortho nitro benzene ring substituents is 1. The maximum Gasteiger partial charge on any atom is 0.433 e. The first kappa shape index (κ1) is 14.6. The fourth-order valence-electron chi connectivity index (χ4n) is 1.82. The molecule has 0 saturated carbocycles. The Balaban J connectivity index is 1.98. The Kier molecular flexibility index (Phi) is 3.46. The number of rotatable bonds is 4. The predicted molar refractivity (Wildman–Crippen MR) is 78.3 cm³/mol. The van der Waals surface area contributed by atoms with Gasteiger partial charge in [-0.3, -0.25) is 25.6 Å². The van der Waals surface area contributed by atoms with Gasteiger partial charge in [0.1, 0.15) is 4.92 Å². The molecule has 0 aliphatic rings. The summed E-state index contributed by atoms with van der Waals surface area (Å²) in [5.41, 5.74) is 0.391. The maximum atomic E-state index is 10.6. The molecule has 10 nitrogen and oxygen atoms in total. The molecule has 0 atom stereocenters.